The van der Waals surface area contributed by atoms with Crippen molar-refractivity contribution >= 4 is 11.9 Å². The van der Waals surface area contributed by atoms with Gasteiger partial charge in [0.1, 0.15) is 6.10 Å². The van der Waals surface area contributed by atoms with Crippen molar-refractivity contribution in [2.45, 2.75) is 129 Å². The zero-order valence-corrected chi connectivity index (χ0v) is 20.2. The monoisotopic (exact) mass is 436 g/mol. The van der Waals surface area contributed by atoms with Crippen molar-refractivity contribution in [3.63, 3.8) is 0 Å². The summed E-state index contributed by atoms with van der Waals surface area (Å²) in [6.07, 6.45) is 24.1. The molecule has 0 saturated carbocycles. The number of unbranched alkanes of at least 4 members (excludes halogenated alkanes) is 14. The van der Waals surface area contributed by atoms with Gasteiger partial charge >= 0.3 is 11.9 Å². The van der Waals surface area contributed by atoms with E-state index in [1.807, 2.05) is 0 Å². The van der Waals surface area contributed by atoms with E-state index in [4.69, 9.17) is 9.47 Å². The van der Waals surface area contributed by atoms with Crippen LogP contribution in [0.5, 0.6) is 0 Å². The Morgan fingerprint density at radius 3 is 1.52 bits per heavy atom. The Morgan fingerprint density at radius 2 is 1.06 bits per heavy atom. The number of carbonyl (C=O) groups excluding carboxylic acids is 2. The topological polar surface area (TPSA) is 52.6 Å². The van der Waals surface area contributed by atoms with Crippen LogP contribution in [0.4, 0.5) is 0 Å². The SMILES string of the molecule is C=CC(=O)OCCCCCCCCCCCC(CCCCCCCCC)OC(=O)C=C. The molecule has 0 aliphatic heterocycles. The van der Waals surface area contributed by atoms with Gasteiger partial charge in [-0.1, -0.05) is 104 Å². The molecule has 1 unspecified atom stereocenters. The summed E-state index contributed by atoms with van der Waals surface area (Å²) in [6.45, 7) is 9.65. The first kappa shape index (κ1) is 29.4. The molecule has 4 heteroatoms. The lowest BCUT2D eigenvalue weighted by atomic mass is 10.0. The van der Waals surface area contributed by atoms with E-state index in [1.54, 1.807) is 0 Å². The van der Waals surface area contributed by atoms with E-state index in [0.29, 0.717) is 6.61 Å². The molecule has 0 amide bonds. The van der Waals surface area contributed by atoms with E-state index in [2.05, 4.69) is 20.1 Å². The van der Waals surface area contributed by atoms with Gasteiger partial charge in [-0.2, -0.15) is 0 Å². The Hall–Kier alpha value is -1.58. The predicted molar refractivity (Wildman–Crippen MR) is 130 cm³/mol. The van der Waals surface area contributed by atoms with Gasteiger partial charge in [-0.25, -0.2) is 9.59 Å². The minimum absolute atomic E-state index is 0.0522. The molecule has 0 bridgehead atoms. The molecule has 0 aliphatic carbocycles. The maximum Gasteiger partial charge on any atom is 0.330 e. The number of hydrogen-bond donors (Lipinski definition) is 0. The molecule has 31 heavy (non-hydrogen) atoms. The Labute approximate surface area is 191 Å². The molecule has 1 atom stereocenters. The molecule has 0 spiro atoms. The highest BCUT2D eigenvalue weighted by atomic mass is 16.5. The minimum atomic E-state index is -0.330. The summed E-state index contributed by atoms with van der Waals surface area (Å²) in [7, 11) is 0. The molecule has 4 nitrogen and oxygen atoms in total. The van der Waals surface area contributed by atoms with Crippen molar-refractivity contribution in [3.05, 3.63) is 25.3 Å². The highest BCUT2D eigenvalue weighted by Gasteiger charge is 2.12. The third-order valence-corrected chi connectivity index (χ3v) is 5.66. The lowest BCUT2D eigenvalue weighted by Gasteiger charge is -2.17. The van der Waals surface area contributed by atoms with Crippen molar-refractivity contribution in [2.75, 3.05) is 6.61 Å². The number of hydrogen-bond acceptors (Lipinski definition) is 4. The van der Waals surface area contributed by atoms with E-state index >= 15 is 0 Å². The van der Waals surface area contributed by atoms with E-state index in [1.165, 1.54) is 89.2 Å². The number of ether oxygens (including phenoxy) is 2. The molecule has 0 aromatic heterocycles. The van der Waals surface area contributed by atoms with Crippen LogP contribution in [0.3, 0.4) is 0 Å². The first-order valence-corrected chi connectivity index (χ1v) is 12.8. The van der Waals surface area contributed by atoms with Crippen LogP contribution in [0.1, 0.15) is 122 Å². The smallest absolute Gasteiger partial charge is 0.330 e. The maximum absolute atomic E-state index is 11.6. The van der Waals surface area contributed by atoms with Crippen LogP contribution in [0.25, 0.3) is 0 Å². The summed E-state index contributed by atoms with van der Waals surface area (Å²) < 4.78 is 10.5. The molecule has 0 aliphatic rings. The lowest BCUT2D eigenvalue weighted by Crippen LogP contribution is -2.16. The van der Waals surface area contributed by atoms with E-state index in [0.717, 1.165) is 38.5 Å². The summed E-state index contributed by atoms with van der Waals surface area (Å²) >= 11 is 0. The van der Waals surface area contributed by atoms with Crippen molar-refractivity contribution < 1.29 is 19.1 Å². The fraction of sp³-hybridized carbons (Fsp3) is 0.778. The summed E-state index contributed by atoms with van der Waals surface area (Å²) in [5.74, 6) is -0.615. The van der Waals surface area contributed by atoms with Gasteiger partial charge in [-0.05, 0) is 32.1 Å². The predicted octanol–water partition coefficient (Wildman–Crippen LogP) is 7.86. The molecule has 0 N–H and O–H groups in total. The molecule has 180 valence electrons. The third-order valence-electron chi connectivity index (χ3n) is 5.66. The van der Waals surface area contributed by atoms with Gasteiger partial charge in [-0.15, -0.1) is 0 Å². The second kappa shape index (κ2) is 23.1. The van der Waals surface area contributed by atoms with Gasteiger partial charge in [0.2, 0.25) is 0 Å². The quantitative estimate of drug-likeness (QED) is 0.0929. The van der Waals surface area contributed by atoms with Crippen molar-refractivity contribution in [1.29, 1.82) is 0 Å². The molecule has 0 rings (SSSR count). The summed E-state index contributed by atoms with van der Waals surface area (Å²) in [5, 5.41) is 0. The van der Waals surface area contributed by atoms with Gasteiger partial charge < -0.3 is 9.47 Å². The zero-order chi connectivity index (χ0) is 23.0. The molecule has 0 saturated heterocycles. The maximum atomic E-state index is 11.6. The second-order valence-corrected chi connectivity index (χ2v) is 8.52. The van der Waals surface area contributed by atoms with Crippen LogP contribution >= 0.6 is 0 Å². The van der Waals surface area contributed by atoms with Crippen LogP contribution < -0.4 is 0 Å². The van der Waals surface area contributed by atoms with E-state index < -0.39 is 0 Å². The van der Waals surface area contributed by atoms with Crippen molar-refractivity contribution in [3.8, 4) is 0 Å². The molecule has 0 heterocycles. The highest BCUT2D eigenvalue weighted by Crippen LogP contribution is 2.17. The average molecular weight is 437 g/mol. The zero-order valence-electron chi connectivity index (χ0n) is 20.2. The first-order chi connectivity index (χ1) is 15.1. The van der Waals surface area contributed by atoms with Crippen LogP contribution in [0.15, 0.2) is 25.3 Å². The van der Waals surface area contributed by atoms with E-state index in [-0.39, 0.29) is 18.0 Å². The van der Waals surface area contributed by atoms with Gasteiger partial charge in [0, 0.05) is 12.2 Å². The second-order valence-electron chi connectivity index (χ2n) is 8.52. The van der Waals surface area contributed by atoms with E-state index in [9.17, 15) is 9.59 Å². The lowest BCUT2D eigenvalue weighted by molar-refractivity contribution is -0.143. The van der Waals surface area contributed by atoms with Crippen LogP contribution in [-0.2, 0) is 19.1 Å². The molecule has 0 fully saturated rings. The molecular weight excluding hydrogens is 388 g/mol. The van der Waals surface area contributed by atoms with Gasteiger partial charge in [0.05, 0.1) is 6.61 Å². The van der Waals surface area contributed by atoms with Crippen LogP contribution in [-0.4, -0.2) is 24.6 Å². The Bertz CT molecular complexity index is 458. The van der Waals surface area contributed by atoms with Gasteiger partial charge in [0.25, 0.3) is 0 Å². The number of rotatable bonds is 23. The number of carbonyl (C=O) groups is 2. The molecule has 0 aromatic carbocycles. The molecular formula is C27H48O4. The van der Waals surface area contributed by atoms with Crippen LogP contribution in [0.2, 0.25) is 0 Å². The van der Waals surface area contributed by atoms with Gasteiger partial charge in [-0.3, -0.25) is 0 Å². The first-order valence-electron chi connectivity index (χ1n) is 12.8. The normalized spacial score (nSPS) is 11.6. The Kier molecular flexibility index (Phi) is 21.9. The largest absolute Gasteiger partial charge is 0.463 e. The van der Waals surface area contributed by atoms with Gasteiger partial charge in [0.15, 0.2) is 0 Å². The summed E-state index contributed by atoms with van der Waals surface area (Å²) in [4.78, 5) is 22.5. The summed E-state index contributed by atoms with van der Waals surface area (Å²) in [5.41, 5.74) is 0. The van der Waals surface area contributed by atoms with Crippen molar-refractivity contribution in [1.82, 2.24) is 0 Å². The third kappa shape index (κ3) is 21.4. The highest BCUT2D eigenvalue weighted by molar-refractivity contribution is 5.81. The molecule has 0 radical (unpaired) electrons. The Morgan fingerprint density at radius 1 is 0.645 bits per heavy atom. The van der Waals surface area contributed by atoms with Crippen LogP contribution in [0, 0.1) is 0 Å². The fourth-order valence-electron chi connectivity index (χ4n) is 3.75. The average Bonchev–Trinajstić information content (AvgIpc) is 2.78. The van der Waals surface area contributed by atoms with Crippen molar-refractivity contribution in [2.24, 2.45) is 0 Å². The standard InChI is InChI=1S/C27H48O4/c1-4-7-8-9-13-16-19-22-25(31-27(29)6-3)23-20-17-14-11-10-12-15-18-21-24-30-26(28)5-2/h5-6,25H,2-4,7-24H2,1H3. The summed E-state index contributed by atoms with van der Waals surface area (Å²) in [6, 6.07) is 0. The Balaban J connectivity index is 3.66. The fourth-order valence-corrected chi connectivity index (χ4v) is 3.75. The molecule has 0 aromatic rings. The minimum Gasteiger partial charge on any atom is -0.463 e. The number of esters is 2.